The van der Waals surface area contributed by atoms with Crippen molar-refractivity contribution in [3.8, 4) is 17.1 Å². The minimum Gasteiger partial charge on any atom is -0.360 e. The number of hydrogen-bond donors (Lipinski definition) is 3. The second-order valence-electron chi connectivity index (χ2n) is 7.81. The highest BCUT2D eigenvalue weighted by molar-refractivity contribution is 7.99. The summed E-state index contributed by atoms with van der Waals surface area (Å²) >= 11 is 1.24. The molecule has 0 saturated heterocycles. The van der Waals surface area contributed by atoms with Gasteiger partial charge in [-0.2, -0.15) is 0 Å². The number of para-hydroxylation sites is 1. The standard InChI is InChI=1S/C23H22N6O2S/c1-14-5-4-6-16(11-14)29-21(18-12-24-19-8-3-2-7-17(18)19)27-28-23(29)32-13-20(30)26-22(31)25-15-9-10-15/h2-8,11-12,15,24H,9-10,13H2,1H3,(H2,25,26,30,31). The molecule has 0 unspecified atom stereocenters. The van der Waals surface area contributed by atoms with E-state index < -0.39 is 6.03 Å². The molecule has 0 spiro atoms. The summed E-state index contributed by atoms with van der Waals surface area (Å²) in [6.07, 6.45) is 3.85. The van der Waals surface area contributed by atoms with Gasteiger partial charge in [0, 0.05) is 34.4 Å². The van der Waals surface area contributed by atoms with E-state index >= 15 is 0 Å². The van der Waals surface area contributed by atoms with Crippen LogP contribution in [0.3, 0.4) is 0 Å². The molecular formula is C23H22N6O2S. The van der Waals surface area contributed by atoms with Gasteiger partial charge < -0.3 is 10.3 Å². The third-order valence-electron chi connectivity index (χ3n) is 5.22. The van der Waals surface area contributed by atoms with Crippen molar-refractivity contribution in [2.75, 3.05) is 5.75 Å². The summed E-state index contributed by atoms with van der Waals surface area (Å²) < 4.78 is 1.95. The van der Waals surface area contributed by atoms with Crippen molar-refractivity contribution in [1.82, 2.24) is 30.4 Å². The Morgan fingerprint density at radius 3 is 2.81 bits per heavy atom. The summed E-state index contributed by atoms with van der Waals surface area (Å²) in [5, 5.41) is 15.6. The second-order valence-corrected chi connectivity index (χ2v) is 8.76. The molecule has 0 bridgehead atoms. The summed E-state index contributed by atoms with van der Waals surface area (Å²) in [7, 11) is 0. The van der Waals surface area contributed by atoms with Crippen molar-refractivity contribution in [3.63, 3.8) is 0 Å². The molecule has 3 amide bonds. The number of fused-ring (bicyclic) bond motifs is 1. The number of carbonyl (C=O) groups is 2. The molecular weight excluding hydrogens is 424 g/mol. The maximum absolute atomic E-state index is 12.3. The number of carbonyl (C=O) groups excluding carboxylic acids is 2. The summed E-state index contributed by atoms with van der Waals surface area (Å²) in [5.74, 6) is 0.360. The van der Waals surface area contributed by atoms with Crippen LogP contribution in [0.2, 0.25) is 0 Å². The zero-order chi connectivity index (χ0) is 22.1. The van der Waals surface area contributed by atoms with E-state index in [-0.39, 0.29) is 17.7 Å². The predicted octanol–water partition coefficient (Wildman–Crippen LogP) is 3.80. The molecule has 4 aromatic rings. The number of hydrogen-bond acceptors (Lipinski definition) is 5. The van der Waals surface area contributed by atoms with E-state index in [1.165, 1.54) is 11.8 Å². The Hall–Kier alpha value is -3.59. The molecule has 1 saturated carbocycles. The van der Waals surface area contributed by atoms with Gasteiger partial charge in [0.25, 0.3) is 0 Å². The van der Waals surface area contributed by atoms with Gasteiger partial charge in [0.2, 0.25) is 5.91 Å². The van der Waals surface area contributed by atoms with Crippen molar-refractivity contribution in [3.05, 3.63) is 60.3 Å². The molecule has 9 heteroatoms. The first-order valence-electron chi connectivity index (χ1n) is 10.4. The minimum atomic E-state index is -0.447. The van der Waals surface area contributed by atoms with Gasteiger partial charge in [0.15, 0.2) is 11.0 Å². The largest absolute Gasteiger partial charge is 0.360 e. The Morgan fingerprint density at radius 1 is 1.16 bits per heavy atom. The van der Waals surface area contributed by atoms with Crippen LogP contribution in [0.15, 0.2) is 59.9 Å². The fourth-order valence-corrected chi connectivity index (χ4v) is 4.29. The van der Waals surface area contributed by atoms with Crippen molar-refractivity contribution in [2.24, 2.45) is 0 Å². The van der Waals surface area contributed by atoms with Crippen LogP contribution in [0.4, 0.5) is 4.79 Å². The molecule has 5 rings (SSSR count). The quantitative estimate of drug-likeness (QED) is 0.391. The van der Waals surface area contributed by atoms with Gasteiger partial charge >= 0.3 is 6.03 Å². The number of urea groups is 1. The number of aryl methyl sites for hydroxylation is 1. The number of imide groups is 1. The monoisotopic (exact) mass is 446 g/mol. The first kappa shape index (κ1) is 20.3. The van der Waals surface area contributed by atoms with E-state index in [9.17, 15) is 9.59 Å². The average Bonchev–Trinajstić information content (AvgIpc) is 3.33. The minimum absolute atomic E-state index is 0.0515. The number of thioether (sulfide) groups is 1. The normalized spacial score (nSPS) is 13.3. The van der Waals surface area contributed by atoms with E-state index in [0.29, 0.717) is 11.0 Å². The number of H-pyrrole nitrogens is 1. The second kappa shape index (κ2) is 8.51. The topological polar surface area (TPSA) is 105 Å². The van der Waals surface area contributed by atoms with Crippen LogP contribution in [0.25, 0.3) is 28.0 Å². The summed E-state index contributed by atoms with van der Waals surface area (Å²) in [4.78, 5) is 27.4. The Labute approximate surface area is 188 Å². The zero-order valence-electron chi connectivity index (χ0n) is 17.5. The summed E-state index contributed by atoms with van der Waals surface area (Å²) in [6.45, 7) is 2.03. The van der Waals surface area contributed by atoms with Crippen LogP contribution in [0.5, 0.6) is 0 Å². The molecule has 3 N–H and O–H groups in total. The van der Waals surface area contributed by atoms with Crippen LogP contribution in [0, 0.1) is 6.92 Å². The predicted molar refractivity (Wildman–Crippen MR) is 124 cm³/mol. The van der Waals surface area contributed by atoms with E-state index in [0.717, 1.165) is 40.6 Å². The molecule has 1 fully saturated rings. The lowest BCUT2D eigenvalue weighted by atomic mass is 10.1. The molecule has 2 aromatic heterocycles. The van der Waals surface area contributed by atoms with E-state index in [2.05, 4.69) is 31.9 Å². The summed E-state index contributed by atoms with van der Waals surface area (Å²) in [5.41, 5.74) is 3.95. The van der Waals surface area contributed by atoms with Crippen molar-refractivity contribution in [2.45, 2.75) is 31.0 Å². The van der Waals surface area contributed by atoms with E-state index in [1.807, 2.05) is 60.2 Å². The van der Waals surface area contributed by atoms with Gasteiger partial charge in [-0.3, -0.25) is 14.7 Å². The van der Waals surface area contributed by atoms with Gasteiger partial charge in [-0.25, -0.2) is 4.79 Å². The van der Waals surface area contributed by atoms with Gasteiger partial charge in [-0.1, -0.05) is 42.1 Å². The molecule has 0 atom stereocenters. The molecule has 8 nitrogen and oxygen atoms in total. The number of nitrogens with zero attached hydrogens (tertiary/aromatic N) is 3. The van der Waals surface area contributed by atoms with Gasteiger partial charge in [-0.15, -0.1) is 10.2 Å². The highest BCUT2D eigenvalue weighted by Crippen LogP contribution is 2.32. The maximum Gasteiger partial charge on any atom is 0.321 e. The smallest absolute Gasteiger partial charge is 0.321 e. The van der Waals surface area contributed by atoms with Gasteiger partial charge in [0.1, 0.15) is 0 Å². The third-order valence-corrected chi connectivity index (χ3v) is 6.15. The number of aromatic amines is 1. The van der Waals surface area contributed by atoms with Crippen LogP contribution in [0.1, 0.15) is 18.4 Å². The lowest BCUT2D eigenvalue weighted by Crippen LogP contribution is -2.41. The molecule has 162 valence electrons. The van der Waals surface area contributed by atoms with Crippen LogP contribution in [-0.4, -0.2) is 43.5 Å². The molecule has 2 aromatic carbocycles. The fourth-order valence-electron chi connectivity index (χ4n) is 3.54. The molecule has 1 aliphatic rings. The lowest BCUT2D eigenvalue weighted by molar-refractivity contribution is -0.117. The summed E-state index contributed by atoms with van der Waals surface area (Å²) in [6, 6.07) is 15.8. The molecule has 2 heterocycles. The average molecular weight is 447 g/mol. The van der Waals surface area contributed by atoms with E-state index in [1.54, 1.807) is 0 Å². The highest BCUT2D eigenvalue weighted by atomic mass is 32.2. The lowest BCUT2D eigenvalue weighted by Gasteiger charge is -2.11. The van der Waals surface area contributed by atoms with Gasteiger partial charge in [-0.05, 0) is 43.5 Å². The van der Waals surface area contributed by atoms with Gasteiger partial charge in [0.05, 0.1) is 5.75 Å². The first-order chi connectivity index (χ1) is 15.6. The SMILES string of the molecule is Cc1cccc(-n2c(SCC(=O)NC(=O)NC3CC3)nnc2-c2c[nH]c3ccccc23)c1. The Balaban J connectivity index is 1.45. The molecule has 1 aliphatic carbocycles. The Bertz CT molecular complexity index is 1310. The number of amides is 3. The number of aromatic nitrogens is 4. The van der Waals surface area contributed by atoms with Crippen molar-refractivity contribution >= 4 is 34.6 Å². The number of rotatable bonds is 6. The molecule has 32 heavy (non-hydrogen) atoms. The fraction of sp³-hybridized carbons (Fsp3) is 0.217. The third kappa shape index (κ3) is 4.24. The first-order valence-corrected chi connectivity index (χ1v) is 11.4. The maximum atomic E-state index is 12.3. The number of benzene rings is 2. The number of nitrogens with one attached hydrogen (secondary N) is 3. The highest BCUT2D eigenvalue weighted by Gasteiger charge is 2.24. The van der Waals surface area contributed by atoms with Crippen LogP contribution < -0.4 is 10.6 Å². The Morgan fingerprint density at radius 2 is 2.00 bits per heavy atom. The van der Waals surface area contributed by atoms with Crippen LogP contribution >= 0.6 is 11.8 Å². The van der Waals surface area contributed by atoms with Crippen molar-refractivity contribution < 1.29 is 9.59 Å². The van der Waals surface area contributed by atoms with Crippen molar-refractivity contribution in [1.29, 1.82) is 0 Å². The van der Waals surface area contributed by atoms with Crippen LogP contribution in [-0.2, 0) is 4.79 Å². The molecule has 0 radical (unpaired) electrons. The molecule has 0 aliphatic heterocycles. The Kier molecular flexibility index (Phi) is 5.40. The zero-order valence-corrected chi connectivity index (χ0v) is 18.3. The van der Waals surface area contributed by atoms with E-state index in [4.69, 9.17) is 0 Å².